The van der Waals surface area contributed by atoms with Crippen molar-refractivity contribution in [2.75, 3.05) is 44.4 Å². The number of carbonyl (C=O) groups is 4. The van der Waals surface area contributed by atoms with E-state index in [1.165, 1.54) is 13.8 Å². The van der Waals surface area contributed by atoms with Crippen LogP contribution in [0.2, 0.25) is 0 Å². The van der Waals surface area contributed by atoms with Crippen LogP contribution in [0.3, 0.4) is 0 Å². The number of carbonyl (C=O) groups excluding carboxylic acids is 4. The average molecular weight is 896 g/mol. The van der Waals surface area contributed by atoms with E-state index in [2.05, 4.69) is 34.4 Å². The molecule has 1 fully saturated rings. The summed E-state index contributed by atoms with van der Waals surface area (Å²) in [5.41, 5.74) is 4.20. The van der Waals surface area contributed by atoms with E-state index in [1.807, 2.05) is 0 Å². The molecular weight excluding hydrogens is 851 g/mol. The number of nitrogens with one attached hydrogen (secondary N) is 2. The Morgan fingerprint density at radius 2 is 1.70 bits per heavy atom. The first-order valence-corrected chi connectivity index (χ1v) is 22.2. The van der Waals surface area contributed by atoms with E-state index >= 15 is 0 Å². The van der Waals surface area contributed by atoms with Gasteiger partial charge in [-0.05, 0) is 12.8 Å². The van der Waals surface area contributed by atoms with Crippen LogP contribution in [0.4, 0.5) is 5.82 Å². The second-order valence-corrected chi connectivity index (χ2v) is 18.1. The molecule has 0 saturated carbocycles. The maximum Gasteiger partial charge on any atom is 0.481 e. The number of rotatable bonds is 24. The second kappa shape index (κ2) is 20.9. The Morgan fingerprint density at radius 1 is 1.02 bits per heavy atom. The van der Waals surface area contributed by atoms with Crippen molar-refractivity contribution in [1.82, 2.24) is 30.2 Å². The smallest absolute Gasteiger partial charge is 0.396 e. The number of nitrogen functional groups attached to an aromatic ring is 1. The zero-order valence-electron chi connectivity index (χ0n) is 30.3. The Morgan fingerprint density at radius 3 is 2.37 bits per heavy atom. The Kier molecular flexibility index (Phi) is 17.8. The number of nitrogens with zero attached hydrogens (tertiary/aromatic N) is 4. The van der Waals surface area contributed by atoms with Crippen LogP contribution in [0.15, 0.2) is 12.7 Å². The number of ether oxygens (including phenoxy) is 1. The lowest BCUT2D eigenvalue weighted by atomic mass is 9.87. The Labute approximate surface area is 327 Å². The molecule has 3 rings (SSSR count). The molecule has 1 saturated heterocycles. The van der Waals surface area contributed by atoms with E-state index in [0.717, 1.165) is 29.0 Å². The van der Waals surface area contributed by atoms with Gasteiger partial charge in [-0.2, -0.15) is 4.31 Å². The number of nitrogens with two attached hydrogens (primary N) is 1. The molecule has 1 aliphatic heterocycles. The largest absolute Gasteiger partial charge is 0.481 e. The number of aromatic nitrogens is 4. The van der Waals surface area contributed by atoms with Gasteiger partial charge in [-0.15, -0.1) is 0 Å². The van der Waals surface area contributed by atoms with Crippen LogP contribution < -0.4 is 16.4 Å². The standard InChI is InChI=1S/C27H44N7O19P3S/c1-27(2,21(39)24(40)30-7-6-17(37)29-8-10-57-26(41)15(36)5-3-4-9-35)12-50-56(47,48)53-55(45,46)49-11-16-20(52-54(42,43)44)19(38)25(51-16)34-14-33-18-22(28)31-13-32-23(18)34/h13-14,16,19-21,25,35,38-39H,3-12H2,1-2H3,(H,29,37)(H,30,40)(H,45,46)(H,47,48)(H2,28,31,32)(H2,42,43,44)/t16-,19-,20-,21+,25-/m1/s1. The molecule has 11 N–H and O–H groups in total. The summed E-state index contributed by atoms with van der Waals surface area (Å²) < 4.78 is 62.0. The first kappa shape index (κ1) is 48.6. The van der Waals surface area contributed by atoms with Gasteiger partial charge in [-0.25, -0.2) is 28.6 Å². The molecular formula is C27H44N7O19P3S. The highest BCUT2D eigenvalue weighted by atomic mass is 32.2. The number of imidazole rings is 1. The molecule has 1 aliphatic rings. The number of phosphoric acid groups is 3. The Balaban J connectivity index is 1.47. The van der Waals surface area contributed by atoms with Gasteiger partial charge >= 0.3 is 23.5 Å². The molecule has 2 amide bonds. The Hall–Kier alpha value is -2.81. The maximum absolute atomic E-state index is 12.7. The number of ketones is 1. The van der Waals surface area contributed by atoms with E-state index in [1.54, 1.807) is 0 Å². The summed E-state index contributed by atoms with van der Waals surface area (Å²) in [4.78, 5) is 99.0. The summed E-state index contributed by atoms with van der Waals surface area (Å²) >= 11 is 0.724. The van der Waals surface area contributed by atoms with Gasteiger partial charge in [-0.1, -0.05) is 25.6 Å². The number of amides is 2. The number of thioether (sulfide) groups is 1. The third-order valence-corrected chi connectivity index (χ3v) is 11.8. The van der Waals surface area contributed by atoms with Crippen LogP contribution >= 0.6 is 35.2 Å². The van der Waals surface area contributed by atoms with Crippen LogP contribution in [-0.4, -0.2) is 140 Å². The molecule has 0 spiro atoms. The molecule has 3 heterocycles. The van der Waals surface area contributed by atoms with Crippen molar-refractivity contribution in [3.8, 4) is 0 Å². The number of Topliss-reactive ketones (excluding diaryl/α,β-unsaturated/α-hetero) is 1. The lowest BCUT2D eigenvalue weighted by Crippen LogP contribution is -2.46. The molecule has 0 radical (unpaired) electrons. The number of hydrogen-bond acceptors (Lipinski definition) is 20. The fourth-order valence-electron chi connectivity index (χ4n) is 4.85. The van der Waals surface area contributed by atoms with Crippen LogP contribution in [0.25, 0.3) is 11.2 Å². The van der Waals surface area contributed by atoms with Gasteiger partial charge in [0, 0.05) is 43.7 Å². The molecule has 26 nitrogen and oxygen atoms in total. The fraction of sp³-hybridized carbons (Fsp3) is 0.667. The van der Waals surface area contributed by atoms with E-state index in [-0.39, 0.29) is 55.3 Å². The highest BCUT2D eigenvalue weighted by molar-refractivity contribution is 8.15. The van der Waals surface area contributed by atoms with E-state index in [4.69, 9.17) is 24.6 Å². The van der Waals surface area contributed by atoms with Gasteiger partial charge in [0.2, 0.25) is 17.6 Å². The average Bonchev–Trinajstić information content (AvgIpc) is 3.68. The third-order valence-electron chi connectivity index (χ3n) is 7.77. The molecule has 0 aliphatic carbocycles. The van der Waals surface area contributed by atoms with E-state index in [9.17, 15) is 62.7 Å². The van der Waals surface area contributed by atoms with Crippen LogP contribution in [-0.2, 0) is 55.5 Å². The van der Waals surface area contributed by atoms with Gasteiger partial charge in [-0.3, -0.25) is 37.3 Å². The van der Waals surface area contributed by atoms with Gasteiger partial charge in [0.25, 0.3) is 5.12 Å². The first-order valence-electron chi connectivity index (χ1n) is 16.7. The fourth-order valence-corrected chi connectivity index (χ4v) is 8.34. The minimum Gasteiger partial charge on any atom is -0.396 e. The van der Waals surface area contributed by atoms with Crippen molar-refractivity contribution in [2.45, 2.75) is 70.2 Å². The molecule has 0 bridgehead atoms. The minimum atomic E-state index is -5.59. The van der Waals surface area contributed by atoms with Crippen molar-refractivity contribution in [3.63, 3.8) is 0 Å². The highest BCUT2D eigenvalue weighted by Crippen LogP contribution is 2.61. The summed E-state index contributed by atoms with van der Waals surface area (Å²) in [6.45, 7) is 0.0666. The summed E-state index contributed by atoms with van der Waals surface area (Å²) in [5.74, 6) is -2.09. The van der Waals surface area contributed by atoms with Crippen LogP contribution in [0, 0.1) is 5.41 Å². The molecule has 2 aromatic heterocycles. The molecule has 0 aromatic carbocycles. The highest BCUT2D eigenvalue weighted by Gasteiger charge is 2.50. The number of anilines is 1. The van der Waals surface area contributed by atoms with Crippen molar-refractivity contribution < 1.29 is 90.4 Å². The molecule has 2 aromatic rings. The summed E-state index contributed by atoms with van der Waals surface area (Å²) in [6, 6.07) is 0. The van der Waals surface area contributed by atoms with Crippen molar-refractivity contribution in [1.29, 1.82) is 0 Å². The lowest BCUT2D eigenvalue weighted by Gasteiger charge is -2.30. The summed E-state index contributed by atoms with van der Waals surface area (Å²) in [6.07, 6.45) is -6.32. The third kappa shape index (κ3) is 15.1. The van der Waals surface area contributed by atoms with Gasteiger partial charge < -0.3 is 56.0 Å². The zero-order chi connectivity index (χ0) is 42.8. The number of unbranched alkanes of at least 4 members (excludes halogenated alkanes) is 1. The van der Waals surface area contributed by atoms with E-state index in [0.29, 0.717) is 12.8 Å². The van der Waals surface area contributed by atoms with Crippen molar-refractivity contribution >= 4 is 74.9 Å². The van der Waals surface area contributed by atoms with Gasteiger partial charge in [0.05, 0.1) is 19.5 Å². The monoisotopic (exact) mass is 895 g/mol. The normalized spacial score (nSPS) is 21.4. The zero-order valence-corrected chi connectivity index (χ0v) is 33.8. The predicted octanol–water partition coefficient (Wildman–Crippen LogP) is -1.60. The molecule has 7 atom stereocenters. The second-order valence-electron chi connectivity index (χ2n) is 12.8. The maximum atomic E-state index is 12.7. The van der Waals surface area contributed by atoms with Crippen molar-refractivity contribution in [3.05, 3.63) is 12.7 Å². The predicted molar refractivity (Wildman–Crippen MR) is 193 cm³/mol. The molecule has 2 unspecified atom stereocenters. The molecule has 57 heavy (non-hydrogen) atoms. The quantitative estimate of drug-likeness (QED) is 0.0322. The SMILES string of the molecule is CC(C)(COP(=O)(O)OP(=O)(O)OC[C@H]1O[C@@H](n2cnc3c(N)ncnc32)[C@H](O)[C@@H]1OP(=O)(O)O)[C@@H](O)C(=O)NCCC(=O)NCCSC(=O)C(=O)CCCCO. The number of aliphatic hydroxyl groups excluding tert-OH is 3. The summed E-state index contributed by atoms with van der Waals surface area (Å²) in [5, 5.41) is 34.3. The number of hydrogen-bond donors (Lipinski definition) is 10. The number of fused-ring (bicyclic) bond motifs is 1. The number of phosphoric ester groups is 3. The summed E-state index contributed by atoms with van der Waals surface area (Å²) in [7, 11) is -16.4. The minimum absolute atomic E-state index is 0.0103. The van der Waals surface area contributed by atoms with E-state index < -0.39 is 95.5 Å². The van der Waals surface area contributed by atoms with Gasteiger partial charge in [0.1, 0.15) is 36.3 Å². The van der Waals surface area contributed by atoms with Crippen LogP contribution in [0.1, 0.15) is 45.8 Å². The Bertz CT molecular complexity index is 1880. The molecule has 30 heteroatoms. The number of aliphatic hydroxyl groups is 3. The molecule has 322 valence electrons. The topological polar surface area (TPSA) is 401 Å². The van der Waals surface area contributed by atoms with Gasteiger partial charge in [0.15, 0.2) is 17.7 Å². The first-order chi connectivity index (χ1) is 26.5. The lowest BCUT2D eigenvalue weighted by molar-refractivity contribution is -0.137. The van der Waals surface area contributed by atoms with Crippen LogP contribution in [0.5, 0.6) is 0 Å². The van der Waals surface area contributed by atoms with Crippen molar-refractivity contribution in [2.24, 2.45) is 5.41 Å².